The van der Waals surface area contributed by atoms with Crippen molar-refractivity contribution < 1.29 is 2090 Å². The molecule has 0 N–H and O–H groups in total. The van der Waals surface area contributed by atoms with Crippen LogP contribution in [-0.4, -0.2) is 17.0 Å². The fourth-order valence-electron chi connectivity index (χ4n) is 1.14. The molecule has 2 aromatic heterocycles. The van der Waals surface area contributed by atoms with Crippen LogP contribution < -0.4 is 4.90 Å². The smallest absolute Gasteiger partial charge is 0.00736 e. The summed E-state index contributed by atoms with van der Waals surface area (Å²) in [5.41, 5.74) is 1.80. The van der Waals surface area contributed by atoms with Crippen LogP contribution >= 0.6 is 0 Å². The molecular weight excluding hydrogens is 5860 g/mol. The van der Waals surface area contributed by atoms with Crippen LogP contribution in [0.1, 0.15) is 0 Å². The summed E-state index contributed by atoms with van der Waals surface area (Å²) in [4.78, 5) is 9.79. The predicted molar refractivity (Wildman–Crippen MR) is 54.2 cm³/mol. The standard InChI is InChI=1S/C11H9N3.64Y/c1-14(10-4-2-6-12-8-10)11-5-3-7-13-9-11;;;;;;;;;;;;;;;;;;;;;;;;;;;;;;;;;;;;;;;;;;;;;;;;;;;;;;;;;;;;;;;;/h2-7H,1H3;;;;;;;;;;;;;;;;;;;;;;;;;;;;;;;;;;;;;;;;;;;;;;;;;;;;;;;;;;;;;;;;/q-2;;;;;;;;;;;;;;;;;;;;;;;;;;;;;;;;;;;;;;;;;;;;;;;;;;;;;;;;;;;;;;;;. The van der Waals surface area contributed by atoms with Crippen molar-refractivity contribution >= 4 is 11.4 Å². The number of hydrogen-bond donors (Lipinski definition) is 0. The molecule has 0 unspecified atom stereocenters. The van der Waals surface area contributed by atoms with Crippen LogP contribution in [0.3, 0.4) is 0 Å². The van der Waals surface area contributed by atoms with Gasteiger partial charge in [0, 0.05) is 2100 Å². The minimum atomic E-state index is 0. The van der Waals surface area contributed by atoms with Crippen molar-refractivity contribution in [3.05, 3.63) is 49.1 Å². The van der Waals surface area contributed by atoms with E-state index >= 15 is 0 Å². The van der Waals surface area contributed by atoms with Gasteiger partial charge >= 0.3 is 0 Å². The van der Waals surface area contributed by atoms with E-state index in [4.69, 9.17) is 0 Å². The summed E-state index contributed by atoms with van der Waals surface area (Å²) in [5, 5.41) is 0. The summed E-state index contributed by atoms with van der Waals surface area (Å²) in [7, 11) is 1.93. The third-order valence-electron chi connectivity index (χ3n) is 1.91. The molecule has 67 heteroatoms. The molecule has 0 bridgehead atoms. The molecule has 0 saturated carbocycles. The zero-order chi connectivity index (χ0) is 9.80. The minimum absolute atomic E-state index is 0. The van der Waals surface area contributed by atoms with Gasteiger partial charge in [0.2, 0.25) is 0 Å². The van der Waals surface area contributed by atoms with Crippen molar-refractivity contribution in [3.63, 3.8) is 0 Å². The van der Waals surface area contributed by atoms with Crippen molar-refractivity contribution in [1.29, 1.82) is 0 Å². The summed E-state index contributed by atoms with van der Waals surface area (Å²) in [5.74, 6) is 0. The fraction of sp³-hybridized carbons (Fsp3) is 0.0909. The third-order valence-corrected chi connectivity index (χ3v) is 1.91. The van der Waals surface area contributed by atoms with Crippen LogP contribution in [0.4, 0.5) is 11.4 Å². The molecule has 0 aliphatic carbocycles. The van der Waals surface area contributed by atoms with Crippen molar-refractivity contribution in [1.82, 2.24) is 9.97 Å². The van der Waals surface area contributed by atoms with E-state index in [2.05, 4.69) is 22.4 Å². The van der Waals surface area contributed by atoms with E-state index in [0.717, 1.165) is 11.4 Å². The number of anilines is 2. The van der Waals surface area contributed by atoms with Gasteiger partial charge in [-0.1, -0.05) is 36.2 Å². The quantitative estimate of drug-likeness (QED) is 0.430. The molecule has 0 spiro atoms. The van der Waals surface area contributed by atoms with Crippen LogP contribution in [0.5, 0.6) is 0 Å². The Morgan fingerprint density at radius 3 is 0.346 bits per heavy atom. The van der Waals surface area contributed by atoms with E-state index < -0.39 is 0 Å². The normalized spacial score (nSPS) is 1.76. The summed E-state index contributed by atoms with van der Waals surface area (Å²) < 4.78 is 0. The number of rotatable bonds is 2. The zero-order valence-corrected chi connectivity index (χ0v) is 226. The van der Waals surface area contributed by atoms with Gasteiger partial charge in [-0.15, -0.1) is 12.1 Å². The number of aromatic nitrogens is 2. The second-order valence-electron chi connectivity index (χ2n) is 2.83. The Kier molecular flexibility index (Phi) is 2260. The van der Waals surface area contributed by atoms with E-state index in [1.165, 1.54) is 0 Å². The van der Waals surface area contributed by atoms with Crippen LogP contribution in [0, 0.1) is 12.4 Å². The molecule has 64 radical (unpaired) electrons. The molecule has 0 aliphatic heterocycles. The molecule has 262 valence electrons. The molecule has 2 aromatic rings. The molecule has 0 saturated heterocycles. The second kappa shape index (κ2) is 397. The molecule has 78 heavy (non-hydrogen) atoms. The topological polar surface area (TPSA) is 29.0 Å². The Morgan fingerprint density at radius 1 is 0.192 bits per heavy atom. The summed E-state index contributed by atoms with van der Waals surface area (Å²) in [6, 6.07) is 7.62. The van der Waals surface area contributed by atoms with Crippen LogP contribution in [0.2, 0.25) is 0 Å². The van der Waals surface area contributed by atoms with Crippen molar-refractivity contribution in [2.24, 2.45) is 0 Å². The molecule has 0 atom stereocenters. The van der Waals surface area contributed by atoms with Crippen LogP contribution in [0.15, 0.2) is 36.7 Å². The Hall–Kier alpha value is 68.7. The zero-order valence-electron chi connectivity index (χ0n) is 44.8. The summed E-state index contributed by atoms with van der Waals surface area (Å²) in [6.45, 7) is 0. The maximum Gasteiger partial charge on any atom is 0.00736 e. The molecule has 0 aromatic carbocycles. The SMILES string of the molecule is CN(c1[c-]nccc1)c1[c-]nccc1.[Y].[Y].[Y].[Y].[Y].[Y].[Y].[Y].[Y].[Y].[Y].[Y].[Y].[Y].[Y].[Y].[Y].[Y].[Y].[Y].[Y].[Y].[Y].[Y].[Y].[Y].[Y].[Y].[Y].[Y].[Y].[Y].[Y].[Y].[Y].[Y].[Y].[Y].[Y].[Y].[Y].[Y].[Y].[Y].[Y].[Y].[Y].[Y].[Y].[Y].[Y].[Y].[Y].[Y].[Y].[Y].[Y].[Y].[Y].[Y].[Y].[Y].[Y].[Y]. The first-order valence-electron chi connectivity index (χ1n) is 4.27. The number of hydrogen-bond acceptors (Lipinski definition) is 3. The van der Waals surface area contributed by atoms with Crippen LogP contribution in [0.25, 0.3) is 0 Å². The van der Waals surface area contributed by atoms with Gasteiger partial charge in [0.1, 0.15) is 0 Å². The average molecular weight is 5870 g/mol. The molecular formula is C11H9N3Y64-2. The van der Waals surface area contributed by atoms with E-state index in [1.807, 2.05) is 36.2 Å². The summed E-state index contributed by atoms with van der Waals surface area (Å²) >= 11 is 0. The van der Waals surface area contributed by atoms with Crippen molar-refractivity contribution in [3.8, 4) is 0 Å². The molecule has 2 heterocycles. The maximum absolute atomic E-state index is 3.93. The van der Waals surface area contributed by atoms with Gasteiger partial charge in [0.15, 0.2) is 0 Å². The Morgan fingerprint density at radius 2 is 0.282 bits per heavy atom. The Bertz CT molecular complexity index is 399. The molecule has 2 rings (SSSR count). The second-order valence-corrected chi connectivity index (χ2v) is 2.83. The molecule has 3 nitrogen and oxygen atoms in total. The van der Waals surface area contributed by atoms with Gasteiger partial charge in [-0.05, 0) is 0 Å². The fourth-order valence-corrected chi connectivity index (χ4v) is 1.14. The first-order chi connectivity index (χ1) is 6.88. The molecule has 0 fully saturated rings. The largest absolute Gasteiger partial charge is 0.392 e. The first kappa shape index (κ1) is 444. The van der Waals surface area contributed by atoms with Gasteiger partial charge < -0.3 is 14.9 Å². The van der Waals surface area contributed by atoms with E-state index in [1.54, 1.807) is 12.4 Å². The van der Waals surface area contributed by atoms with Gasteiger partial charge in [-0.2, -0.15) is 12.1 Å². The van der Waals surface area contributed by atoms with Crippen molar-refractivity contribution in [2.45, 2.75) is 0 Å². The molecule has 0 amide bonds. The number of nitrogens with zero attached hydrogens (tertiary/aromatic N) is 3. The predicted octanol–water partition coefficient (Wildman–Crippen LogP) is 1.68. The minimum Gasteiger partial charge on any atom is -0.392 e. The summed E-state index contributed by atoms with van der Waals surface area (Å²) in [6.07, 6.45) is 9.19. The van der Waals surface area contributed by atoms with E-state index in [0.29, 0.717) is 0 Å². The maximum atomic E-state index is 3.93. The monoisotopic (exact) mass is 5870 g/mol. The van der Waals surface area contributed by atoms with Gasteiger partial charge in [-0.25, -0.2) is 0 Å². The van der Waals surface area contributed by atoms with E-state index in [-0.39, 0.29) is 2090 Å². The van der Waals surface area contributed by atoms with Gasteiger partial charge in [-0.3, -0.25) is 0 Å². The van der Waals surface area contributed by atoms with Crippen LogP contribution in [-0.2, 0) is 2090 Å². The van der Waals surface area contributed by atoms with E-state index in [9.17, 15) is 0 Å². The van der Waals surface area contributed by atoms with Crippen molar-refractivity contribution in [2.75, 3.05) is 11.9 Å². The van der Waals surface area contributed by atoms with Gasteiger partial charge in [0.05, 0.1) is 0 Å². The average Bonchev–Trinajstić information content (AvgIpc) is 2.30. The third kappa shape index (κ3) is 348. The molecule has 0 aliphatic rings. The number of pyridine rings is 2. The Balaban J connectivity index is -0.000000000576. The van der Waals surface area contributed by atoms with Gasteiger partial charge in [0.25, 0.3) is 0 Å². The first-order valence-corrected chi connectivity index (χ1v) is 4.27. The Labute approximate surface area is 2090 Å².